The molecule has 2 rings (SSSR count). The second-order valence-electron chi connectivity index (χ2n) is 4.53. The molecule has 6 nitrogen and oxygen atoms in total. The van der Waals surface area contributed by atoms with Gasteiger partial charge in [0.15, 0.2) is 11.2 Å². The first-order valence-corrected chi connectivity index (χ1v) is 6.43. The minimum atomic E-state index is -0.596. The number of cyclic esters (lactones) is 4. The van der Waals surface area contributed by atoms with Gasteiger partial charge in [-0.05, 0) is 25.0 Å². The predicted octanol–water partition coefficient (Wildman–Crippen LogP) is 2.98. The van der Waals surface area contributed by atoms with Gasteiger partial charge in [-0.15, -0.1) is 0 Å². The highest BCUT2D eigenvalue weighted by molar-refractivity contribution is 5.63. The zero-order chi connectivity index (χ0) is 15.2. The fourth-order valence-electron chi connectivity index (χ4n) is 1.65. The Morgan fingerprint density at radius 3 is 1.40 bits per heavy atom. The molecule has 2 unspecified atom stereocenters. The molecule has 0 aliphatic carbocycles. The van der Waals surface area contributed by atoms with E-state index in [4.69, 9.17) is 9.47 Å². The molecule has 2 heterocycles. The van der Waals surface area contributed by atoms with Gasteiger partial charge >= 0.3 is 12.3 Å². The van der Waals surface area contributed by atoms with Gasteiger partial charge in [0.05, 0.1) is 0 Å². The molecule has 0 spiro atoms. The summed E-state index contributed by atoms with van der Waals surface area (Å²) in [7, 11) is 0. The van der Waals surface area contributed by atoms with Crippen LogP contribution in [0.15, 0.2) is 25.3 Å². The summed E-state index contributed by atoms with van der Waals surface area (Å²) in [4.78, 5) is 21.0. The molecule has 2 atom stereocenters. The zero-order valence-electron chi connectivity index (χ0n) is 11.8. The lowest BCUT2D eigenvalue weighted by molar-refractivity contribution is 0.0864. The van der Waals surface area contributed by atoms with E-state index < -0.39 is 23.5 Å². The van der Waals surface area contributed by atoms with Gasteiger partial charge in [0, 0.05) is 0 Å². The Labute approximate surface area is 118 Å². The zero-order valence-corrected chi connectivity index (χ0v) is 11.8. The first kappa shape index (κ1) is 16.1. The molecule has 20 heavy (non-hydrogen) atoms. The van der Waals surface area contributed by atoms with Crippen LogP contribution in [-0.4, -0.2) is 36.7 Å². The van der Waals surface area contributed by atoms with Gasteiger partial charge in [0.2, 0.25) is 0 Å². The highest BCUT2D eigenvalue weighted by atomic mass is 16.8. The van der Waals surface area contributed by atoms with Crippen molar-refractivity contribution in [3.05, 3.63) is 25.3 Å². The van der Waals surface area contributed by atoms with Gasteiger partial charge < -0.3 is 18.9 Å². The van der Waals surface area contributed by atoms with Crippen molar-refractivity contribution in [2.45, 2.75) is 37.9 Å². The molecule has 0 radical (unpaired) electrons. The molecular weight excluding hydrogens is 264 g/mol. The average Bonchev–Trinajstić information content (AvgIpc) is 3.04. The molecular formula is C14H20O6. The van der Waals surface area contributed by atoms with Crippen molar-refractivity contribution in [1.29, 1.82) is 0 Å². The van der Waals surface area contributed by atoms with Crippen LogP contribution in [0.2, 0.25) is 0 Å². The topological polar surface area (TPSA) is 71.1 Å². The maximum absolute atomic E-state index is 10.5. The molecule has 0 aromatic carbocycles. The first-order chi connectivity index (χ1) is 9.44. The van der Waals surface area contributed by atoms with Crippen molar-refractivity contribution >= 4 is 12.3 Å². The van der Waals surface area contributed by atoms with Crippen LogP contribution in [0.4, 0.5) is 9.59 Å². The summed E-state index contributed by atoms with van der Waals surface area (Å²) in [5.74, 6) is 0. The monoisotopic (exact) mass is 284 g/mol. The van der Waals surface area contributed by atoms with E-state index in [9.17, 15) is 9.59 Å². The van der Waals surface area contributed by atoms with E-state index >= 15 is 0 Å². The SMILES string of the molecule is C=CC1(CC)COC(=O)O1.C=CC1(CC)COC(=O)O1. The molecule has 0 aromatic rings. The van der Waals surface area contributed by atoms with Gasteiger partial charge in [-0.3, -0.25) is 0 Å². The normalized spacial score (nSPS) is 31.1. The molecule has 0 amide bonds. The third-order valence-electron chi connectivity index (χ3n) is 3.38. The standard InChI is InChI=1S/2C7H10O3/c2*1-3-7(4-2)5-9-6(8)10-7/h2*3H,1,4-5H2,2H3. The summed E-state index contributed by atoms with van der Waals surface area (Å²) in [6.45, 7) is 11.6. The van der Waals surface area contributed by atoms with Gasteiger partial charge in [0.25, 0.3) is 0 Å². The number of ether oxygens (including phenoxy) is 4. The van der Waals surface area contributed by atoms with Gasteiger partial charge in [-0.2, -0.15) is 0 Å². The summed E-state index contributed by atoms with van der Waals surface area (Å²) in [5, 5.41) is 0. The van der Waals surface area contributed by atoms with Crippen LogP contribution in [0.25, 0.3) is 0 Å². The smallest absolute Gasteiger partial charge is 0.430 e. The molecule has 6 heteroatoms. The fraction of sp³-hybridized carbons (Fsp3) is 0.571. The minimum absolute atomic E-state index is 0.297. The molecule has 0 N–H and O–H groups in total. The summed E-state index contributed by atoms with van der Waals surface area (Å²) < 4.78 is 19.0. The highest BCUT2D eigenvalue weighted by Gasteiger charge is 2.38. The number of hydrogen-bond donors (Lipinski definition) is 0. The van der Waals surface area contributed by atoms with E-state index in [1.54, 1.807) is 12.2 Å². The lowest BCUT2D eigenvalue weighted by Crippen LogP contribution is -2.27. The molecule has 0 aromatic heterocycles. The van der Waals surface area contributed by atoms with Crippen LogP contribution >= 0.6 is 0 Å². The van der Waals surface area contributed by atoms with Gasteiger partial charge in [0.1, 0.15) is 13.2 Å². The minimum Gasteiger partial charge on any atom is -0.430 e. The molecule has 2 fully saturated rings. The molecule has 112 valence electrons. The lowest BCUT2D eigenvalue weighted by Gasteiger charge is -2.16. The fourth-order valence-corrected chi connectivity index (χ4v) is 1.65. The molecule has 2 aliphatic heterocycles. The quantitative estimate of drug-likeness (QED) is 0.584. The van der Waals surface area contributed by atoms with E-state index in [2.05, 4.69) is 22.6 Å². The van der Waals surface area contributed by atoms with Crippen LogP contribution in [0, 0.1) is 0 Å². The van der Waals surface area contributed by atoms with Crippen LogP contribution in [0.5, 0.6) is 0 Å². The summed E-state index contributed by atoms with van der Waals surface area (Å²) in [5.41, 5.74) is -1.12. The molecule has 2 aliphatic rings. The summed E-state index contributed by atoms with van der Waals surface area (Å²) >= 11 is 0. The van der Waals surface area contributed by atoms with Crippen molar-refractivity contribution < 1.29 is 28.5 Å². The highest BCUT2D eigenvalue weighted by Crippen LogP contribution is 2.25. The number of hydrogen-bond acceptors (Lipinski definition) is 6. The Bertz CT molecular complexity index is 366. The maximum atomic E-state index is 10.5. The van der Waals surface area contributed by atoms with Crippen molar-refractivity contribution in [2.24, 2.45) is 0 Å². The largest absolute Gasteiger partial charge is 0.509 e. The van der Waals surface area contributed by atoms with E-state index in [0.717, 1.165) is 0 Å². The van der Waals surface area contributed by atoms with Crippen molar-refractivity contribution in [3.63, 3.8) is 0 Å². The Hall–Kier alpha value is -1.98. The van der Waals surface area contributed by atoms with E-state index in [1.807, 2.05) is 13.8 Å². The van der Waals surface area contributed by atoms with Crippen molar-refractivity contribution in [1.82, 2.24) is 0 Å². The third kappa shape index (κ3) is 3.53. The second kappa shape index (κ2) is 6.45. The summed E-state index contributed by atoms with van der Waals surface area (Å²) in [6.07, 6.45) is 3.45. The Morgan fingerprint density at radius 2 is 1.30 bits per heavy atom. The van der Waals surface area contributed by atoms with Crippen LogP contribution in [-0.2, 0) is 18.9 Å². The molecule has 0 saturated carbocycles. The van der Waals surface area contributed by atoms with Crippen LogP contribution < -0.4 is 0 Å². The molecule has 0 bridgehead atoms. The third-order valence-corrected chi connectivity index (χ3v) is 3.38. The molecule has 2 saturated heterocycles. The number of carbonyl (C=O) groups excluding carboxylic acids is 2. The van der Waals surface area contributed by atoms with Crippen LogP contribution in [0.1, 0.15) is 26.7 Å². The Balaban J connectivity index is 0.000000200. The Kier molecular flexibility index (Phi) is 5.19. The second-order valence-corrected chi connectivity index (χ2v) is 4.53. The van der Waals surface area contributed by atoms with Crippen LogP contribution in [0.3, 0.4) is 0 Å². The van der Waals surface area contributed by atoms with Crippen molar-refractivity contribution in [3.8, 4) is 0 Å². The first-order valence-electron chi connectivity index (χ1n) is 6.43. The lowest BCUT2D eigenvalue weighted by atomic mass is 10.0. The van der Waals surface area contributed by atoms with E-state index in [0.29, 0.717) is 26.1 Å². The van der Waals surface area contributed by atoms with E-state index in [-0.39, 0.29) is 0 Å². The maximum Gasteiger partial charge on any atom is 0.509 e. The predicted molar refractivity (Wildman–Crippen MR) is 71.3 cm³/mol. The number of rotatable bonds is 4. The average molecular weight is 284 g/mol. The summed E-state index contributed by atoms with van der Waals surface area (Å²) in [6, 6.07) is 0. The van der Waals surface area contributed by atoms with E-state index in [1.165, 1.54) is 0 Å². The number of carbonyl (C=O) groups is 2. The van der Waals surface area contributed by atoms with Gasteiger partial charge in [-0.25, -0.2) is 9.59 Å². The van der Waals surface area contributed by atoms with Gasteiger partial charge in [-0.1, -0.05) is 27.0 Å². The Morgan fingerprint density at radius 1 is 0.950 bits per heavy atom. The van der Waals surface area contributed by atoms with Crippen molar-refractivity contribution in [2.75, 3.05) is 13.2 Å².